The van der Waals surface area contributed by atoms with Crippen molar-refractivity contribution >= 4 is 33.0 Å². The smallest absolute Gasteiger partial charge is 0.232 e. The largest absolute Gasteiger partial charge is 0.396 e. The van der Waals surface area contributed by atoms with Crippen LogP contribution in [-0.2, 0) is 10.0 Å². The first kappa shape index (κ1) is 14.7. The Labute approximate surface area is 113 Å². The van der Waals surface area contributed by atoms with Gasteiger partial charge in [0.25, 0.3) is 0 Å². The predicted molar refractivity (Wildman–Crippen MR) is 76.1 cm³/mol. The fourth-order valence-corrected chi connectivity index (χ4v) is 2.73. The maximum absolute atomic E-state index is 11.7. The van der Waals surface area contributed by atoms with Gasteiger partial charge in [-0.2, -0.15) is 0 Å². The van der Waals surface area contributed by atoms with Crippen molar-refractivity contribution in [1.82, 2.24) is 0 Å². The van der Waals surface area contributed by atoms with E-state index in [2.05, 4.69) is 16.6 Å². The van der Waals surface area contributed by atoms with Gasteiger partial charge in [-0.1, -0.05) is 24.4 Å². The first-order chi connectivity index (χ1) is 8.41. The van der Waals surface area contributed by atoms with Crippen molar-refractivity contribution in [2.45, 2.75) is 20.3 Å². The molecule has 98 valence electrons. The van der Waals surface area contributed by atoms with Crippen molar-refractivity contribution in [3.05, 3.63) is 22.7 Å². The number of hydrogen-bond donors (Lipinski definition) is 2. The van der Waals surface area contributed by atoms with Gasteiger partial charge in [0.1, 0.15) is 0 Å². The second kappa shape index (κ2) is 5.98. The third-order valence-electron chi connectivity index (χ3n) is 2.18. The van der Waals surface area contributed by atoms with E-state index in [0.717, 1.165) is 0 Å². The zero-order chi connectivity index (χ0) is 13.8. The fraction of sp³-hybridized carbons (Fsp3) is 0.333. The molecule has 0 aromatic heterocycles. The minimum absolute atomic E-state index is 0.0501. The molecule has 0 aliphatic carbocycles. The monoisotopic (exact) mass is 286 g/mol. The highest BCUT2D eigenvalue weighted by atomic mass is 35.5. The van der Waals surface area contributed by atoms with Crippen molar-refractivity contribution in [2.24, 2.45) is 0 Å². The van der Waals surface area contributed by atoms with Gasteiger partial charge in [-0.3, -0.25) is 4.72 Å². The molecule has 0 saturated heterocycles. The molecule has 0 heterocycles. The Morgan fingerprint density at radius 2 is 2.11 bits per heavy atom. The standard InChI is InChI=1S/C12H15ClN2O2S/c1-3-5-9-11(7-6-10(13)12(9)14)15-18(16,17)8-4-2/h6-7,15H,4,8,14H2,1-2H3. The molecular formula is C12H15ClN2O2S. The molecular weight excluding hydrogens is 272 g/mol. The highest BCUT2D eigenvalue weighted by molar-refractivity contribution is 7.92. The number of hydrogen-bond acceptors (Lipinski definition) is 3. The Balaban J connectivity index is 3.24. The van der Waals surface area contributed by atoms with Crippen LogP contribution in [0, 0.1) is 11.8 Å². The van der Waals surface area contributed by atoms with Crippen LogP contribution < -0.4 is 10.5 Å². The average molecular weight is 287 g/mol. The maximum Gasteiger partial charge on any atom is 0.232 e. The van der Waals surface area contributed by atoms with Gasteiger partial charge in [-0.05, 0) is 25.5 Å². The summed E-state index contributed by atoms with van der Waals surface area (Å²) in [5.41, 5.74) is 6.84. The van der Waals surface area contributed by atoms with E-state index in [-0.39, 0.29) is 11.4 Å². The fourth-order valence-electron chi connectivity index (χ4n) is 1.43. The van der Waals surface area contributed by atoms with E-state index >= 15 is 0 Å². The summed E-state index contributed by atoms with van der Waals surface area (Å²) in [7, 11) is -3.37. The summed E-state index contributed by atoms with van der Waals surface area (Å²) in [6, 6.07) is 3.10. The highest BCUT2D eigenvalue weighted by Gasteiger charge is 2.14. The van der Waals surface area contributed by atoms with Crippen LogP contribution in [0.1, 0.15) is 25.8 Å². The van der Waals surface area contributed by atoms with E-state index in [0.29, 0.717) is 22.7 Å². The molecule has 0 aliphatic heterocycles. The van der Waals surface area contributed by atoms with E-state index in [1.807, 2.05) is 0 Å². The first-order valence-electron chi connectivity index (χ1n) is 5.42. The zero-order valence-electron chi connectivity index (χ0n) is 10.2. The lowest BCUT2D eigenvalue weighted by Crippen LogP contribution is -2.17. The van der Waals surface area contributed by atoms with Crippen LogP contribution in [0.5, 0.6) is 0 Å². The number of rotatable bonds is 4. The molecule has 6 heteroatoms. The lowest BCUT2D eigenvalue weighted by molar-refractivity contribution is 0.600. The second-order valence-corrected chi connectivity index (χ2v) is 5.93. The van der Waals surface area contributed by atoms with Crippen LogP contribution in [0.25, 0.3) is 0 Å². The Kier molecular flexibility index (Phi) is 4.88. The zero-order valence-corrected chi connectivity index (χ0v) is 11.8. The van der Waals surface area contributed by atoms with Crippen LogP contribution in [0.4, 0.5) is 11.4 Å². The molecule has 4 nitrogen and oxygen atoms in total. The molecule has 0 saturated carbocycles. The Morgan fingerprint density at radius 1 is 1.44 bits per heavy atom. The molecule has 3 N–H and O–H groups in total. The summed E-state index contributed by atoms with van der Waals surface area (Å²) in [5, 5.41) is 0.353. The number of sulfonamides is 1. The van der Waals surface area contributed by atoms with Gasteiger partial charge in [0, 0.05) is 0 Å². The van der Waals surface area contributed by atoms with Gasteiger partial charge >= 0.3 is 0 Å². The van der Waals surface area contributed by atoms with Crippen LogP contribution in [-0.4, -0.2) is 14.2 Å². The van der Waals surface area contributed by atoms with Gasteiger partial charge in [-0.15, -0.1) is 5.92 Å². The number of anilines is 2. The lowest BCUT2D eigenvalue weighted by Gasteiger charge is -2.11. The molecule has 0 atom stereocenters. The quantitative estimate of drug-likeness (QED) is 0.660. The molecule has 0 aliphatic rings. The summed E-state index contributed by atoms with van der Waals surface area (Å²) in [5.74, 6) is 5.50. The summed E-state index contributed by atoms with van der Waals surface area (Å²) in [6.07, 6.45) is 0.535. The summed E-state index contributed by atoms with van der Waals surface area (Å²) < 4.78 is 25.9. The van der Waals surface area contributed by atoms with E-state index in [1.54, 1.807) is 26.0 Å². The molecule has 0 fully saturated rings. The molecule has 0 bridgehead atoms. The third kappa shape index (κ3) is 3.56. The van der Waals surface area contributed by atoms with Crippen molar-refractivity contribution in [3.8, 4) is 11.8 Å². The Morgan fingerprint density at radius 3 is 2.67 bits per heavy atom. The highest BCUT2D eigenvalue weighted by Crippen LogP contribution is 2.29. The summed E-state index contributed by atoms with van der Waals surface area (Å²) in [6.45, 7) is 3.44. The number of nitrogens with one attached hydrogen (secondary N) is 1. The lowest BCUT2D eigenvalue weighted by atomic mass is 10.1. The maximum atomic E-state index is 11.7. The van der Waals surface area contributed by atoms with Gasteiger partial charge in [0.2, 0.25) is 10.0 Å². The Hall–Kier alpha value is -1.38. The van der Waals surface area contributed by atoms with E-state index in [9.17, 15) is 8.42 Å². The van der Waals surface area contributed by atoms with E-state index in [4.69, 9.17) is 17.3 Å². The molecule has 18 heavy (non-hydrogen) atoms. The first-order valence-corrected chi connectivity index (χ1v) is 7.45. The number of nitrogens with two attached hydrogens (primary N) is 1. The minimum Gasteiger partial charge on any atom is -0.396 e. The van der Waals surface area contributed by atoms with Crippen LogP contribution >= 0.6 is 11.6 Å². The third-order valence-corrected chi connectivity index (χ3v) is 3.99. The van der Waals surface area contributed by atoms with E-state index < -0.39 is 10.0 Å². The average Bonchev–Trinajstić information content (AvgIpc) is 2.28. The molecule has 0 unspecified atom stereocenters. The Bertz CT molecular complexity index is 600. The van der Waals surface area contributed by atoms with Gasteiger partial charge in [-0.25, -0.2) is 8.42 Å². The van der Waals surface area contributed by atoms with Gasteiger partial charge in [0.05, 0.1) is 27.7 Å². The van der Waals surface area contributed by atoms with Crippen molar-refractivity contribution < 1.29 is 8.42 Å². The number of halogens is 1. The van der Waals surface area contributed by atoms with E-state index in [1.165, 1.54) is 0 Å². The predicted octanol–water partition coefficient (Wildman–Crippen LogP) is 2.45. The van der Waals surface area contributed by atoms with Crippen molar-refractivity contribution in [1.29, 1.82) is 0 Å². The molecule has 0 spiro atoms. The molecule has 1 aromatic carbocycles. The second-order valence-electron chi connectivity index (χ2n) is 3.68. The number of benzene rings is 1. The van der Waals surface area contributed by atoms with Crippen LogP contribution in [0.2, 0.25) is 5.02 Å². The van der Waals surface area contributed by atoms with Crippen molar-refractivity contribution in [3.63, 3.8) is 0 Å². The SMILES string of the molecule is CC#Cc1c(NS(=O)(=O)CCC)ccc(Cl)c1N. The molecule has 0 amide bonds. The summed E-state index contributed by atoms with van der Waals surface area (Å²) >= 11 is 5.88. The molecule has 1 aromatic rings. The molecule has 1 rings (SSSR count). The van der Waals surface area contributed by atoms with Crippen LogP contribution in [0.3, 0.4) is 0 Å². The van der Waals surface area contributed by atoms with Crippen LogP contribution in [0.15, 0.2) is 12.1 Å². The molecule has 0 radical (unpaired) electrons. The number of nitrogen functional groups attached to an aromatic ring is 1. The van der Waals surface area contributed by atoms with Crippen molar-refractivity contribution in [2.75, 3.05) is 16.2 Å². The summed E-state index contributed by atoms with van der Waals surface area (Å²) in [4.78, 5) is 0. The normalized spacial score (nSPS) is 10.6. The van der Waals surface area contributed by atoms with Gasteiger partial charge < -0.3 is 5.73 Å². The topological polar surface area (TPSA) is 72.2 Å². The van der Waals surface area contributed by atoms with Gasteiger partial charge in [0.15, 0.2) is 0 Å². The minimum atomic E-state index is -3.37.